The molecular weight excluding hydrogens is 234 g/mol. The highest BCUT2D eigenvalue weighted by Gasteiger charge is 2.40. The molecule has 0 aliphatic heterocycles. The van der Waals surface area contributed by atoms with Crippen LogP contribution >= 0.6 is 0 Å². The van der Waals surface area contributed by atoms with Gasteiger partial charge in [0.2, 0.25) is 0 Å². The Morgan fingerprint density at radius 2 is 2.11 bits per heavy atom. The van der Waals surface area contributed by atoms with Crippen LogP contribution in [0.1, 0.15) is 43.5 Å². The van der Waals surface area contributed by atoms with Crippen LogP contribution in [0.4, 0.5) is 0 Å². The minimum atomic E-state index is 0.507. The standard InChI is InChI=1S/C16H21N3/c1-12(2)18-10-14-9-17-11-19(14)16-8-15(16)13-6-4-3-5-7-13/h3-7,9,11-12,15-16,18H,8,10H2,1-2H3. The van der Waals surface area contributed by atoms with Crippen molar-refractivity contribution >= 4 is 0 Å². The molecule has 1 aliphatic carbocycles. The van der Waals surface area contributed by atoms with Crippen LogP contribution in [0.3, 0.4) is 0 Å². The van der Waals surface area contributed by atoms with Crippen molar-refractivity contribution in [3.8, 4) is 0 Å². The summed E-state index contributed by atoms with van der Waals surface area (Å²) in [4.78, 5) is 4.31. The van der Waals surface area contributed by atoms with E-state index >= 15 is 0 Å². The molecule has 1 aromatic carbocycles. The van der Waals surface area contributed by atoms with Gasteiger partial charge in [-0.2, -0.15) is 0 Å². The molecule has 0 saturated heterocycles. The van der Waals surface area contributed by atoms with Crippen molar-refractivity contribution in [1.29, 1.82) is 0 Å². The Hall–Kier alpha value is -1.61. The van der Waals surface area contributed by atoms with Gasteiger partial charge in [-0.15, -0.1) is 0 Å². The van der Waals surface area contributed by atoms with E-state index in [1.807, 2.05) is 12.5 Å². The molecular formula is C16H21N3. The Bertz CT molecular complexity index is 530. The lowest BCUT2D eigenvalue weighted by Crippen LogP contribution is -2.23. The van der Waals surface area contributed by atoms with Gasteiger partial charge in [-0.1, -0.05) is 44.2 Å². The first-order valence-corrected chi connectivity index (χ1v) is 7.04. The first-order chi connectivity index (χ1) is 9.25. The van der Waals surface area contributed by atoms with Gasteiger partial charge in [-0.05, 0) is 12.0 Å². The molecule has 1 fully saturated rings. The second-order valence-electron chi connectivity index (χ2n) is 5.65. The molecule has 1 N–H and O–H groups in total. The molecule has 1 aliphatic rings. The zero-order valence-electron chi connectivity index (χ0n) is 11.6. The molecule has 0 amide bonds. The molecule has 1 heterocycles. The van der Waals surface area contributed by atoms with Gasteiger partial charge in [0, 0.05) is 30.7 Å². The lowest BCUT2D eigenvalue weighted by molar-refractivity contribution is 0.555. The number of imidazole rings is 1. The Kier molecular flexibility index (Phi) is 3.38. The Labute approximate surface area is 114 Å². The first kappa shape index (κ1) is 12.4. The smallest absolute Gasteiger partial charge is 0.0951 e. The number of nitrogens with zero attached hydrogens (tertiary/aromatic N) is 2. The monoisotopic (exact) mass is 255 g/mol. The molecule has 0 spiro atoms. The van der Waals surface area contributed by atoms with Crippen LogP contribution in [0, 0.1) is 0 Å². The van der Waals surface area contributed by atoms with Crippen molar-refractivity contribution in [3.63, 3.8) is 0 Å². The van der Waals surface area contributed by atoms with E-state index in [2.05, 4.69) is 59.0 Å². The van der Waals surface area contributed by atoms with Crippen molar-refractivity contribution in [1.82, 2.24) is 14.9 Å². The summed E-state index contributed by atoms with van der Waals surface area (Å²) in [6, 6.07) is 11.9. The predicted molar refractivity (Wildman–Crippen MR) is 77.0 cm³/mol. The zero-order valence-corrected chi connectivity index (χ0v) is 11.6. The quantitative estimate of drug-likeness (QED) is 0.889. The van der Waals surface area contributed by atoms with Gasteiger partial charge in [-0.3, -0.25) is 0 Å². The largest absolute Gasteiger partial charge is 0.330 e. The number of benzene rings is 1. The van der Waals surface area contributed by atoms with Crippen LogP contribution in [0.2, 0.25) is 0 Å². The average molecular weight is 255 g/mol. The summed E-state index contributed by atoms with van der Waals surface area (Å²) in [6.07, 6.45) is 5.19. The van der Waals surface area contributed by atoms with Gasteiger partial charge >= 0.3 is 0 Å². The third-order valence-electron chi connectivity index (χ3n) is 3.78. The second kappa shape index (κ2) is 5.17. The Morgan fingerprint density at radius 1 is 1.32 bits per heavy atom. The van der Waals surface area contributed by atoms with Crippen LogP contribution in [-0.4, -0.2) is 15.6 Å². The normalized spacial score (nSPS) is 21.8. The number of aromatic nitrogens is 2. The maximum Gasteiger partial charge on any atom is 0.0951 e. The summed E-state index contributed by atoms with van der Waals surface area (Å²) < 4.78 is 2.34. The van der Waals surface area contributed by atoms with E-state index < -0.39 is 0 Å². The van der Waals surface area contributed by atoms with Crippen LogP contribution in [-0.2, 0) is 6.54 Å². The van der Waals surface area contributed by atoms with Crippen LogP contribution < -0.4 is 5.32 Å². The lowest BCUT2D eigenvalue weighted by atomic mass is 10.1. The summed E-state index contributed by atoms with van der Waals surface area (Å²) in [5.41, 5.74) is 2.74. The fourth-order valence-electron chi connectivity index (χ4n) is 2.62. The predicted octanol–water partition coefficient (Wildman–Crippen LogP) is 3.11. The summed E-state index contributed by atoms with van der Waals surface area (Å²) >= 11 is 0. The maximum atomic E-state index is 4.31. The van der Waals surface area contributed by atoms with Crippen LogP contribution in [0.15, 0.2) is 42.9 Å². The van der Waals surface area contributed by atoms with E-state index in [1.165, 1.54) is 17.7 Å². The van der Waals surface area contributed by atoms with Gasteiger partial charge in [0.05, 0.1) is 12.0 Å². The lowest BCUT2D eigenvalue weighted by Gasteiger charge is -2.11. The third kappa shape index (κ3) is 2.71. The van der Waals surface area contributed by atoms with Gasteiger partial charge in [0.25, 0.3) is 0 Å². The molecule has 3 heteroatoms. The van der Waals surface area contributed by atoms with Gasteiger partial charge in [0.1, 0.15) is 0 Å². The molecule has 3 rings (SSSR count). The van der Waals surface area contributed by atoms with E-state index in [4.69, 9.17) is 0 Å². The fourth-order valence-corrected chi connectivity index (χ4v) is 2.62. The molecule has 2 unspecified atom stereocenters. The molecule has 100 valence electrons. The van der Waals surface area contributed by atoms with Crippen molar-refractivity contribution in [2.75, 3.05) is 0 Å². The summed E-state index contributed by atoms with van der Waals surface area (Å²) in [6.45, 7) is 5.24. The highest BCUT2D eigenvalue weighted by Crippen LogP contribution is 2.51. The molecule has 2 aromatic rings. The van der Waals surface area contributed by atoms with E-state index in [9.17, 15) is 0 Å². The summed E-state index contributed by atoms with van der Waals surface area (Å²) in [5.74, 6) is 0.660. The van der Waals surface area contributed by atoms with Crippen molar-refractivity contribution in [2.45, 2.75) is 44.8 Å². The van der Waals surface area contributed by atoms with Crippen molar-refractivity contribution in [2.24, 2.45) is 0 Å². The van der Waals surface area contributed by atoms with E-state index in [-0.39, 0.29) is 0 Å². The summed E-state index contributed by atoms with van der Waals surface area (Å²) in [5, 5.41) is 3.46. The van der Waals surface area contributed by atoms with Gasteiger partial charge < -0.3 is 9.88 Å². The van der Waals surface area contributed by atoms with E-state index in [1.54, 1.807) is 0 Å². The molecule has 1 saturated carbocycles. The second-order valence-corrected chi connectivity index (χ2v) is 5.65. The fraction of sp³-hybridized carbons (Fsp3) is 0.438. The van der Waals surface area contributed by atoms with Crippen molar-refractivity contribution < 1.29 is 0 Å². The van der Waals surface area contributed by atoms with Gasteiger partial charge in [0.15, 0.2) is 0 Å². The topological polar surface area (TPSA) is 29.9 Å². The number of rotatable bonds is 5. The third-order valence-corrected chi connectivity index (χ3v) is 3.78. The van der Waals surface area contributed by atoms with E-state index in [0.29, 0.717) is 18.0 Å². The maximum absolute atomic E-state index is 4.31. The minimum absolute atomic E-state index is 0.507. The van der Waals surface area contributed by atoms with Crippen molar-refractivity contribution in [3.05, 3.63) is 54.1 Å². The molecule has 19 heavy (non-hydrogen) atoms. The summed E-state index contributed by atoms with van der Waals surface area (Å²) in [7, 11) is 0. The molecule has 0 bridgehead atoms. The number of hydrogen-bond donors (Lipinski definition) is 1. The average Bonchev–Trinajstić information content (AvgIpc) is 3.08. The molecule has 0 radical (unpaired) electrons. The van der Waals surface area contributed by atoms with Crippen LogP contribution in [0.5, 0.6) is 0 Å². The molecule has 1 aromatic heterocycles. The Morgan fingerprint density at radius 3 is 2.84 bits per heavy atom. The van der Waals surface area contributed by atoms with Crippen LogP contribution in [0.25, 0.3) is 0 Å². The zero-order chi connectivity index (χ0) is 13.2. The van der Waals surface area contributed by atoms with Gasteiger partial charge in [-0.25, -0.2) is 4.98 Å². The van der Waals surface area contributed by atoms with E-state index in [0.717, 1.165) is 6.54 Å². The SMILES string of the molecule is CC(C)NCc1cncn1C1CC1c1ccccc1. The number of hydrogen-bond acceptors (Lipinski definition) is 2. The Balaban J connectivity index is 1.70. The molecule has 2 atom stereocenters. The minimum Gasteiger partial charge on any atom is -0.330 e. The highest BCUT2D eigenvalue weighted by atomic mass is 15.1. The first-order valence-electron chi connectivity index (χ1n) is 7.04. The molecule has 3 nitrogen and oxygen atoms in total. The number of nitrogens with one attached hydrogen (secondary N) is 1. The highest BCUT2D eigenvalue weighted by molar-refractivity contribution is 5.27.